The van der Waals surface area contributed by atoms with Crippen LogP contribution in [0.15, 0.2) is 60.7 Å². The number of ether oxygens (including phenoxy) is 2. The molecule has 0 aliphatic carbocycles. The van der Waals surface area contributed by atoms with Crippen molar-refractivity contribution >= 4 is 70.6 Å². The predicted molar refractivity (Wildman–Crippen MR) is 200 cm³/mol. The number of aliphatic carboxylic acids is 1. The molecule has 1 unspecified atom stereocenters. The fourth-order valence-corrected chi connectivity index (χ4v) is 4.36. The van der Waals surface area contributed by atoms with Crippen molar-refractivity contribution in [1.82, 2.24) is 5.32 Å². The van der Waals surface area contributed by atoms with E-state index in [0.29, 0.717) is 23.3 Å². The number of anilines is 2. The van der Waals surface area contributed by atoms with Gasteiger partial charge < -0.3 is 34.7 Å². The summed E-state index contributed by atoms with van der Waals surface area (Å²) in [5.74, 6) is -0.480. The first kappa shape index (κ1) is 46.6. The molecule has 0 saturated carbocycles. The average molecular weight is 780 g/mol. The van der Waals surface area contributed by atoms with Crippen molar-refractivity contribution in [1.29, 1.82) is 0 Å². The SMILES string of the molecule is CCOCN(C(=O)CCl)c1c(C)cccc1CC.C[S+](C)C.Nc1c([N+](=O)[O-])ccc(Oc2ccccc2)c1Cl.O=C(O)CNCP(=O)([O-])O. The van der Waals surface area contributed by atoms with E-state index in [9.17, 15) is 29.2 Å². The second kappa shape index (κ2) is 24.7. The van der Waals surface area contributed by atoms with Crippen LogP contribution in [0.1, 0.15) is 25.0 Å². The summed E-state index contributed by atoms with van der Waals surface area (Å²) in [7, 11) is -3.71. The number of nitro groups is 1. The Hall–Kier alpha value is -3.40. The van der Waals surface area contributed by atoms with E-state index >= 15 is 0 Å². The van der Waals surface area contributed by atoms with Crippen molar-refractivity contribution in [2.75, 3.05) is 61.4 Å². The van der Waals surface area contributed by atoms with Gasteiger partial charge in [0.2, 0.25) is 5.91 Å². The molecule has 0 aromatic heterocycles. The Labute approximate surface area is 305 Å². The molecule has 50 heavy (non-hydrogen) atoms. The van der Waals surface area contributed by atoms with Crippen LogP contribution in [0.5, 0.6) is 11.5 Å². The summed E-state index contributed by atoms with van der Waals surface area (Å²) in [5.41, 5.74) is 8.37. The maximum Gasteiger partial charge on any atom is 0.317 e. The maximum atomic E-state index is 12.0. The summed E-state index contributed by atoms with van der Waals surface area (Å²) < 4.78 is 20.8. The van der Waals surface area contributed by atoms with Gasteiger partial charge >= 0.3 is 5.97 Å². The first-order valence-electron chi connectivity index (χ1n) is 14.8. The Balaban J connectivity index is 0.000000709. The first-order valence-corrected chi connectivity index (χ1v) is 19.9. The van der Waals surface area contributed by atoms with Gasteiger partial charge in [-0.15, -0.1) is 11.6 Å². The molecule has 1 atom stereocenters. The fraction of sp³-hybridized carbons (Fsp3) is 0.375. The van der Waals surface area contributed by atoms with E-state index in [1.807, 2.05) is 43.4 Å². The second-order valence-corrected chi connectivity index (χ2v) is 15.0. The maximum absolute atomic E-state index is 12.0. The van der Waals surface area contributed by atoms with Gasteiger partial charge in [0.1, 0.15) is 42.4 Å². The van der Waals surface area contributed by atoms with Crippen molar-refractivity contribution in [2.24, 2.45) is 0 Å². The highest BCUT2D eigenvalue weighted by atomic mass is 35.5. The number of rotatable bonds is 13. The van der Waals surface area contributed by atoms with Crippen molar-refractivity contribution in [3.63, 3.8) is 0 Å². The van der Waals surface area contributed by atoms with Crippen LogP contribution in [-0.2, 0) is 36.2 Å². The molecule has 5 N–H and O–H groups in total. The number of nitro benzene ring substituents is 1. The lowest BCUT2D eigenvalue weighted by atomic mass is 10.0. The third-order valence-electron chi connectivity index (χ3n) is 5.69. The molecule has 18 heteroatoms. The molecule has 3 aromatic carbocycles. The third-order valence-corrected chi connectivity index (χ3v) is 6.93. The lowest BCUT2D eigenvalue weighted by Crippen LogP contribution is -2.35. The van der Waals surface area contributed by atoms with E-state index in [0.717, 1.165) is 23.2 Å². The number of carbonyl (C=O) groups excluding carboxylic acids is 1. The van der Waals surface area contributed by atoms with Gasteiger partial charge in [0.25, 0.3) is 5.69 Å². The highest BCUT2D eigenvalue weighted by Crippen LogP contribution is 2.38. The van der Waals surface area contributed by atoms with Crippen LogP contribution in [0.25, 0.3) is 0 Å². The molecule has 3 rings (SSSR count). The highest BCUT2D eigenvalue weighted by molar-refractivity contribution is 7.94. The van der Waals surface area contributed by atoms with Crippen molar-refractivity contribution < 1.29 is 43.4 Å². The standard InChI is InChI=1S/C14H20ClNO2.C12H9ClN2O3.C3H8NO5P.C3H9S/c1-4-12-8-6-7-11(3)14(12)16(10-18-5-2)13(17)9-15;13-11-10(18-8-4-2-1-3-5-8)7-6-9(12(11)14)15(16)17;5-3(6)1-4-2-10(7,8)9;1-4(2)3/h6-8H,4-5,9-10H2,1-3H3;1-7H,14H2;4H,1-2H2,(H,5,6)(H2,7,8,9);1-3H3/q;;;+1/p-1. The lowest BCUT2D eigenvalue weighted by molar-refractivity contribution is -0.383. The molecule has 0 bridgehead atoms. The number of hydrogen-bond acceptors (Lipinski definition) is 10. The number of carboxylic acid groups (broad SMARTS) is 1. The zero-order valence-electron chi connectivity index (χ0n) is 28.8. The minimum absolute atomic E-state index is 0.0352. The molecule has 0 aliphatic rings. The smallest absolute Gasteiger partial charge is 0.317 e. The molecule has 0 fully saturated rings. The average Bonchev–Trinajstić information content (AvgIpc) is 3.03. The summed E-state index contributed by atoms with van der Waals surface area (Å²) in [6.07, 6.45) is 6.74. The van der Waals surface area contributed by atoms with Gasteiger partial charge in [-0.25, -0.2) is 0 Å². The third kappa shape index (κ3) is 19.1. The molecular weight excluding hydrogens is 734 g/mol. The molecule has 0 saturated heterocycles. The number of nitrogen functional groups attached to an aromatic ring is 1. The number of hydrogen-bond donors (Lipinski definition) is 4. The monoisotopic (exact) mass is 778 g/mol. The van der Waals surface area contributed by atoms with E-state index in [1.165, 1.54) is 12.1 Å². The number of nitrogens with one attached hydrogen (secondary N) is 1. The van der Waals surface area contributed by atoms with Crippen LogP contribution < -0.4 is 25.6 Å². The van der Waals surface area contributed by atoms with Gasteiger partial charge in [0.05, 0.1) is 42.2 Å². The van der Waals surface area contributed by atoms with Gasteiger partial charge in [-0.05, 0) is 60.5 Å². The normalized spacial score (nSPS) is 11.3. The molecule has 0 aliphatic heterocycles. The van der Waals surface area contributed by atoms with Crippen LogP contribution in [0, 0.1) is 17.0 Å². The van der Waals surface area contributed by atoms with E-state index < -0.39 is 31.3 Å². The number of nitrogens with two attached hydrogens (primary N) is 1. The highest BCUT2D eigenvalue weighted by Gasteiger charge is 2.20. The molecular formula is C32H45Cl2N4O10PS. The topological polar surface area (TPSA) is 218 Å². The Morgan fingerprint density at radius 2 is 1.68 bits per heavy atom. The van der Waals surface area contributed by atoms with Gasteiger partial charge in [-0.3, -0.25) is 29.9 Å². The number of halogens is 2. The number of aryl methyl sites for hydroxylation is 2. The number of alkyl halides is 1. The van der Waals surface area contributed by atoms with Gasteiger partial charge in [-0.2, -0.15) is 0 Å². The summed E-state index contributed by atoms with van der Waals surface area (Å²) in [6, 6.07) is 17.7. The van der Waals surface area contributed by atoms with Gasteiger partial charge in [0.15, 0.2) is 0 Å². The number of para-hydroxylation sites is 2. The molecule has 14 nitrogen and oxygen atoms in total. The minimum atomic E-state index is -4.35. The van der Waals surface area contributed by atoms with Crippen LogP contribution in [0.3, 0.4) is 0 Å². The lowest BCUT2D eigenvalue weighted by Gasteiger charge is -2.25. The number of benzene rings is 3. The van der Waals surface area contributed by atoms with E-state index in [1.54, 1.807) is 29.2 Å². The van der Waals surface area contributed by atoms with E-state index in [2.05, 4.69) is 25.7 Å². The number of carbonyl (C=O) groups is 2. The largest absolute Gasteiger partial charge is 0.778 e. The molecule has 3 aromatic rings. The van der Waals surface area contributed by atoms with Crippen LogP contribution in [0.4, 0.5) is 17.1 Å². The second-order valence-electron chi connectivity index (χ2n) is 10.3. The molecule has 0 heterocycles. The van der Waals surface area contributed by atoms with Crippen molar-refractivity contribution in [3.05, 3.63) is 86.9 Å². The van der Waals surface area contributed by atoms with Crippen molar-refractivity contribution in [2.45, 2.75) is 27.2 Å². The predicted octanol–water partition coefficient (Wildman–Crippen LogP) is 5.40. The molecule has 0 radical (unpaired) electrons. The zero-order chi connectivity index (χ0) is 38.4. The fourth-order valence-electron chi connectivity index (χ4n) is 3.63. The molecule has 278 valence electrons. The number of amides is 1. The summed E-state index contributed by atoms with van der Waals surface area (Å²) in [6.45, 7) is 6.31. The minimum Gasteiger partial charge on any atom is -0.778 e. The van der Waals surface area contributed by atoms with Crippen LogP contribution in [-0.4, -0.2) is 77.6 Å². The Morgan fingerprint density at radius 3 is 2.16 bits per heavy atom. The summed E-state index contributed by atoms with van der Waals surface area (Å²) in [4.78, 5) is 51.4. The zero-order valence-corrected chi connectivity index (χ0v) is 32.0. The van der Waals surface area contributed by atoms with Gasteiger partial charge in [0, 0.05) is 12.7 Å². The van der Waals surface area contributed by atoms with Crippen LogP contribution >= 0.6 is 30.8 Å². The van der Waals surface area contributed by atoms with Crippen molar-refractivity contribution in [3.8, 4) is 11.5 Å². The number of carboxylic acids is 1. The van der Waals surface area contributed by atoms with Crippen LogP contribution in [0.2, 0.25) is 5.02 Å². The molecule has 1 amide bonds. The summed E-state index contributed by atoms with van der Waals surface area (Å²) in [5, 5.41) is 20.7. The van der Waals surface area contributed by atoms with E-state index in [4.69, 9.17) is 48.4 Å². The summed E-state index contributed by atoms with van der Waals surface area (Å²) >= 11 is 11.6. The first-order chi connectivity index (χ1) is 23.4. The Kier molecular flexibility index (Phi) is 23.0. The Bertz CT molecular complexity index is 1550. The Morgan fingerprint density at radius 1 is 1.08 bits per heavy atom. The number of nitrogens with zero attached hydrogens (tertiary/aromatic N) is 2. The molecule has 0 spiro atoms. The van der Waals surface area contributed by atoms with Gasteiger partial charge in [-0.1, -0.05) is 54.9 Å². The quantitative estimate of drug-likeness (QED) is 0.0326. The van der Waals surface area contributed by atoms with E-state index in [-0.39, 0.29) is 40.7 Å².